The Hall–Kier alpha value is -2.42. The Bertz CT molecular complexity index is 774. The molecule has 2 N–H and O–H groups in total. The molecule has 8 nitrogen and oxygen atoms in total. The number of sulfonamides is 1. The highest BCUT2D eigenvalue weighted by molar-refractivity contribution is 7.90. The molecule has 1 amide bonds. The standard InChI is InChI=1S/C16H21N3O5S/c1-12(20)24-11-16(21)18-13-6-5-7-14(10-13)25(22,23)19-15-8-3-2-4-9-17-15/h5-7,10H,2-4,8-9,11H2,1H3,(H,17,19)(H,18,21). The first-order chi connectivity index (χ1) is 11.9. The number of hydrogen-bond acceptors (Lipinski definition) is 6. The van der Waals surface area contributed by atoms with Gasteiger partial charge in [-0.3, -0.25) is 19.3 Å². The maximum absolute atomic E-state index is 12.5. The molecular formula is C16H21N3O5S. The van der Waals surface area contributed by atoms with Crippen LogP contribution in [0, 0.1) is 0 Å². The van der Waals surface area contributed by atoms with Crippen LogP contribution in [0.25, 0.3) is 0 Å². The predicted molar refractivity (Wildman–Crippen MR) is 92.8 cm³/mol. The topological polar surface area (TPSA) is 114 Å². The van der Waals surface area contributed by atoms with Crippen LogP contribution in [-0.4, -0.2) is 39.3 Å². The highest BCUT2D eigenvalue weighted by Crippen LogP contribution is 2.16. The third-order valence-corrected chi connectivity index (χ3v) is 4.84. The van der Waals surface area contributed by atoms with Crippen molar-refractivity contribution in [2.75, 3.05) is 18.5 Å². The van der Waals surface area contributed by atoms with Gasteiger partial charge in [0.05, 0.1) is 4.90 Å². The molecule has 136 valence electrons. The lowest BCUT2D eigenvalue weighted by Gasteiger charge is -2.11. The third-order valence-electron chi connectivity index (χ3n) is 3.46. The fourth-order valence-corrected chi connectivity index (χ4v) is 3.41. The monoisotopic (exact) mass is 367 g/mol. The molecular weight excluding hydrogens is 346 g/mol. The zero-order valence-corrected chi connectivity index (χ0v) is 14.8. The lowest BCUT2D eigenvalue weighted by atomic mass is 10.2. The average Bonchev–Trinajstić information content (AvgIpc) is 2.81. The van der Waals surface area contributed by atoms with Crippen LogP contribution in [0.2, 0.25) is 0 Å². The van der Waals surface area contributed by atoms with Crippen molar-refractivity contribution in [3.05, 3.63) is 24.3 Å². The van der Waals surface area contributed by atoms with Gasteiger partial charge in [-0.2, -0.15) is 0 Å². The average molecular weight is 367 g/mol. The number of carbonyl (C=O) groups excluding carboxylic acids is 2. The van der Waals surface area contributed by atoms with E-state index in [0.29, 0.717) is 24.5 Å². The van der Waals surface area contributed by atoms with Gasteiger partial charge in [0.1, 0.15) is 5.84 Å². The summed E-state index contributed by atoms with van der Waals surface area (Å²) in [4.78, 5) is 26.6. The first kappa shape index (κ1) is 18.9. The van der Waals surface area contributed by atoms with Gasteiger partial charge in [0.25, 0.3) is 15.9 Å². The Morgan fingerprint density at radius 3 is 2.80 bits per heavy atom. The minimum atomic E-state index is -3.78. The first-order valence-corrected chi connectivity index (χ1v) is 9.44. The van der Waals surface area contributed by atoms with E-state index >= 15 is 0 Å². The van der Waals surface area contributed by atoms with Gasteiger partial charge in [-0.25, -0.2) is 8.42 Å². The number of rotatable bonds is 5. The minimum Gasteiger partial charge on any atom is -0.456 e. The van der Waals surface area contributed by atoms with E-state index in [9.17, 15) is 18.0 Å². The van der Waals surface area contributed by atoms with Gasteiger partial charge in [0.2, 0.25) is 0 Å². The van der Waals surface area contributed by atoms with E-state index in [1.165, 1.54) is 25.1 Å². The summed E-state index contributed by atoms with van der Waals surface area (Å²) in [6, 6.07) is 5.84. The van der Waals surface area contributed by atoms with Crippen molar-refractivity contribution in [1.82, 2.24) is 4.72 Å². The fraction of sp³-hybridized carbons (Fsp3) is 0.438. The van der Waals surface area contributed by atoms with E-state index in [0.717, 1.165) is 19.3 Å². The summed E-state index contributed by atoms with van der Waals surface area (Å²) in [7, 11) is -3.78. The van der Waals surface area contributed by atoms with Gasteiger partial charge in [0, 0.05) is 25.6 Å². The molecule has 0 aliphatic carbocycles. The van der Waals surface area contributed by atoms with E-state index in [1.54, 1.807) is 6.07 Å². The van der Waals surface area contributed by atoms with Crippen LogP contribution in [0.5, 0.6) is 0 Å². The second-order valence-electron chi connectivity index (χ2n) is 5.60. The molecule has 0 unspecified atom stereocenters. The number of ether oxygens (including phenoxy) is 1. The zero-order valence-electron chi connectivity index (χ0n) is 13.9. The lowest BCUT2D eigenvalue weighted by Crippen LogP contribution is -2.30. The molecule has 9 heteroatoms. The highest BCUT2D eigenvalue weighted by atomic mass is 32.2. The van der Waals surface area contributed by atoms with Crippen LogP contribution in [0.3, 0.4) is 0 Å². The summed E-state index contributed by atoms with van der Waals surface area (Å²) < 4.78 is 32.1. The van der Waals surface area contributed by atoms with Crippen molar-refractivity contribution in [3.63, 3.8) is 0 Å². The number of esters is 1. The summed E-state index contributed by atoms with van der Waals surface area (Å²) >= 11 is 0. The van der Waals surface area contributed by atoms with Gasteiger partial charge in [0.15, 0.2) is 6.61 Å². The molecule has 0 spiro atoms. The minimum absolute atomic E-state index is 0.0183. The van der Waals surface area contributed by atoms with Crippen LogP contribution < -0.4 is 10.0 Å². The van der Waals surface area contributed by atoms with Crippen molar-refractivity contribution >= 4 is 33.4 Å². The van der Waals surface area contributed by atoms with Gasteiger partial charge in [-0.05, 0) is 31.0 Å². The lowest BCUT2D eigenvalue weighted by molar-refractivity contribution is -0.144. The molecule has 0 saturated heterocycles. The maximum Gasteiger partial charge on any atom is 0.303 e. The molecule has 1 heterocycles. The van der Waals surface area contributed by atoms with Crippen molar-refractivity contribution < 1.29 is 22.7 Å². The SMILES string of the molecule is CC(=O)OCC(=O)Nc1cccc(S(=O)(=O)NC2=NCCCCC2)c1. The maximum atomic E-state index is 12.5. The number of amides is 1. The van der Waals surface area contributed by atoms with Crippen molar-refractivity contribution in [1.29, 1.82) is 0 Å². The second kappa shape index (κ2) is 8.61. The molecule has 0 radical (unpaired) electrons. The van der Waals surface area contributed by atoms with Gasteiger partial charge in [-0.15, -0.1) is 0 Å². The Kier molecular flexibility index (Phi) is 6.51. The molecule has 0 atom stereocenters. The van der Waals surface area contributed by atoms with E-state index in [2.05, 4.69) is 19.8 Å². The summed E-state index contributed by atoms with van der Waals surface area (Å²) in [6.07, 6.45) is 3.47. The molecule has 1 aliphatic heterocycles. The summed E-state index contributed by atoms with van der Waals surface area (Å²) in [5.74, 6) is -0.660. The number of anilines is 1. The second-order valence-corrected chi connectivity index (χ2v) is 7.28. The van der Waals surface area contributed by atoms with E-state index < -0.39 is 28.5 Å². The van der Waals surface area contributed by atoms with Crippen molar-refractivity contribution in [2.45, 2.75) is 37.5 Å². The molecule has 2 rings (SSSR count). The van der Waals surface area contributed by atoms with Crippen LogP contribution in [0.4, 0.5) is 5.69 Å². The fourth-order valence-electron chi connectivity index (χ4n) is 2.28. The van der Waals surface area contributed by atoms with E-state index in [1.807, 2.05) is 0 Å². The van der Waals surface area contributed by atoms with Crippen molar-refractivity contribution in [2.24, 2.45) is 4.99 Å². The van der Waals surface area contributed by atoms with E-state index in [-0.39, 0.29) is 4.90 Å². The molecule has 1 aromatic rings. The highest BCUT2D eigenvalue weighted by Gasteiger charge is 2.18. The van der Waals surface area contributed by atoms with Gasteiger partial charge in [-0.1, -0.05) is 12.5 Å². The Morgan fingerprint density at radius 1 is 1.24 bits per heavy atom. The first-order valence-electron chi connectivity index (χ1n) is 7.96. The number of nitrogens with one attached hydrogen (secondary N) is 2. The third kappa shape index (κ3) is 6.18. The number of benzene rings is 1. The van der Waals surface area contributed by atoms with E-state index in [4.69, 9.17) is 0 Å². The predicted octanol–water partition coefficient (Wildman–Crippen LogP) is 1.44. The number of carbonyl (C=O) groups is 2. The Labute approximate surface area is 146 Å². The number of nitrogens with zero attached hydrogens (tertiary/aromatic N) is 1. The van der Waals surface area contributed by atoms with Gasteiger partial charge < -0.3 is 10.1 Å². The molecule has 0 bridgehead atoms. The van der Waals surface area contributed by atoms with Crippen molar-refractivity contribution in [3.8, 4) is 0 Å². The molecule has 0 aromatic heterocycles. The number of hydrogen-bond donors (Lipinski definition) is 2. The van der Waals surface area contributed by atoms with Crippen LogP contribution in [0.1, 0.15) is 32.6 Å². The number of amidine groups is 1. The molecule has 25 heavy (non-hydrogen) atoms. The molecule has 1 aromatic carbocycles. The molecule has 1 aliphatic rings. The largest absolute Gasteiger partial charge is 0.456 e. The Morgan fingerprint density at radius 2 is 2.04 bits per heavy atom. The number of aliphatic imine (C=N–C) groups is 1. The summed E-state index contributed by atoms with van der Waals surface area (Å²) in [5.41, 5.74) is 0.294. The summed E-state index contributed by atoms with van der Waals surface area (Å²) in [5, 5.41) is 2.48. The van der Waals surface area contributed by atoms with Crippen LogP contribution >= 0.6 is 0 Å². The quantitative estimate of drug-likeness (QED) is 0.765. The molecule has 0 fully saturated rings. The summed E-state index contributed by atoms with van der Waals surface area (Å²) in [6.45, 7) is 1.38. The molecule has 0 saturated carbocycles. The van der Waals surface area contributed by atoms with Crippen LogP contribution in [-0.2, 0) is 24.3 Å². The van der Waals surface area contributed by atoms with Gasteiger partial charge >= 0.3 is 5.97 Å². The Balaban J connectivity index is 2.07. The smallest absolute Gasteiger partial charge is 0.303 e. The normalized spacial score (nSPS) is 14.8. The zero-order chi connectivity index (χ0) is 18.3. The van der Waals surface area contributed by atoms with Crippen LogP contribution in [0.15, 0.2) is 34.2 Å².